The first-order valence-electron chi connectivity index (χ1n) is 4.42. The van der Waals surface area contributed by atoms with Gasteiger partial charge in [0, 0.05) is 0 Å². The SMILES string of the molecule is O=C(O)c1cc(C(=O)O)c(S(=O)(=O)[O-])cc1S(=O)(=O)[O-].[Na+].[Na+]. The molecular weight excluding hydrogens is 366 g/mol. The third-order valence-corrected chi connectivity index (χ3v) is 3.83. The molecule has 0 unspecified atom stereocenters. The molecule has 0 aliphatic rings. The standard InChI is InChI=1S/C8H6O10S2.2Na/c9-7(10)3-1-4(8(11)12)6(20(16,17)18)2-5(3)19(13,14)15;;/h1-2H,(H,9,10)(H,11,12)(H,13,14,15)(H,16,17,18);;/q;2*+1/p-2. The Bertz CT molecular complexity index is 746. The van der Waals surface area contributed by atoms with Gasteiger partial charge in [-0.25, -0.2) is 26.4 Å². The van der Waals surface area contributed by atoms with E-state index in [2.05, 4.69) is 0 Å². The Labute approximate surface area is 168 Å². The molecule has 0 aliphatic carbocycles. The first-order valence-corrected chi connectivity index (χ1v) is 7.23. The maximum Gasteiger partial charge on any atom is 1.00 e. The van der Waals surface area contributed by atoms with Crippen molar-refractivity contribution in [2.75, 3.05) is 0 Å². The quantitative estimate of drug-likeness (QED) is 0.380. The van der Waals surface area contributed by atoms with Crippen LogP contribution in [0.2, 0.25) is 0 Å². The van der Waals surface area contributed by atoms with Crippen molar-refractivity contribution in [1.29, 1.82) is 0 Å². The maximum absolute atomic E-state index is 10.9. The summed E-state index contributed by atoms with van der Waals surface area (Å²) in [5.41, 5.74) is -2.49. The molecule has 2 N–H and O–H groups in total. The average molecular weight is 370 g/mol. The molecule has 0 atom stereocenters. The number of carboxylic acid groups (broad SMARTS) is 2. The third kappa shape index (κ3) is 5.56. The Balaban J connectivity index is 0. The third-order valence-electron chi connectivity index (χ3n) is 2.08. The van der Waals surface area contributed by atoms with E-state index < -0.39 is 53.1 Å². The van der Waals surface area contributed by atoms with Gasteiger partial charge in [-0.3, -0.25) is 0 Å². The largest absolute Gasteiger partial charge is 1.00 e. The van der Waals surface area contributed by atoms with E-state index in [-0.39, 0.29) is 71.2 Å². The summed E-state index contributed by atoms with van der Waals surface area (Å²) in [6.07, 6.45) is 0. The van der Waals surface area contributed by atoms with Gasteiger partial charge in [-0.05, 0) is 12.1 Å². The van der Waals surface area contributed by atoms with Crippen molar-refractivity contribution in [3.63, 3.8) is 0 Å². The summed E-state index contributed by atoms with van der Waals surface area (Å²) >= 11 is 0. The molecule has 22 heavy (non-hydrogen) atoms. The second kappa shape index (κ2) is 8.19. The number of aromatic carboxylic acids is 2. The normalized spacial score (nSPS) is 11.0. The first-order chi connectivity index (χ1) is 8.85. The Morgan fingerprint density at radius 3 is 1.23 bits per heavy atom. The molecule has 1 aromatic rings. The Hall–Kier alpha value is -0.0200. The van der Waals surface area contributed by atoms with Gasteiger partial charge in [0.25, 0.3) is 0 Å². The summed E-state index contributed by atoms with van der Waals surface area (Å²) in [5.74, 6) is -3.95. The number of carbonyl (C=O) groups is 2. The van der Waals surface area contributed by atoms with Crippen molar-refractivity contribution in [3.8, 4) is 0 Å². The second-order valence-corrected chi connectivity index (χ2v) is 6.06. The molecular formula is C8H4Na2O10S2. The maximum atomic E-state index is 10.9. The molecule has 0 aliphatic heterocycles. The predicted octanol–water partition coefficient (Wildman–Crippen LogP) is -7.10. The Morgan fingerprint density at radius 1 is 0.773 bits per heavy atom. The smallest absolute Gasteiger partial charge is 0.744 e. The molecule has 0 bridgehead atoms. The van der Waals surface area contributed by atoms with Crippen LogP contribution in [0.5, 0.6) is 0 Å². The van der Waals surface area contributed by atoms with Crippen LogP contribution in [0.15, 0.2) is 21.9 Å². The minimum Gasteiger partial charge on any atom is -0.744 e. The van der Waals surface area contributed by atoms with Gasteiger partial charge in [-0.2, -0.15) is 0 Å². The molecule has 0 spiro atoms. The van der Waals surface area contributed by atoms with E-state index >= 15 is 0 Å². The van der Waals surface area contributed by atoms with Crippen LogP contribution >= 0.6 is 0 Å². The fourth-order valence-corrected chi connectivity index (χ4v) is 2.74. The molecule has 10 nitrogen and oxygen atoms in total. The van der Waals surface area contributed by atoms with Crippen molar-refractivity contribution in [1.82, 2.24) is 0 Å². The van der Waals surface area contributed by atoms with Gasteiger partial charge in [0.1, 0.15) is 20.2 Å². The van der Waals surface area contributed by atoms with Gasteiger partial charge < -0.3 is 19.3 Å². The van der Waals surface area contributed by atoms with Crippen LogP contribution in [-0.2, 0) is 20.2 Å². The molecule has 1 aromatic carbocycles. The van der Waals surface area contributed by atoms with Crippen molar-refractivity contribution in [3.05, 3.63) is 23.3 Å². The topological polar surface area (TPSA) is 189 Å². The van der Waals surface area contributed by atoms with Crippen molar-refractivity contribution in [2.24, 2.45) is 0 Å². The predicted molar refractivity (Wildman–Crippen MR) is 56.3 cm³/mol. The van der Waals surface area contributed by atoms with Crippen LogP contribution < -0.4 is 59.1 Å². The van der Waals surface area contributed by atoms with Gasteiger partial charge >= 0.3 is 71.1 Å². The van der Waals surface area contributed by atoms with Crippen LogP contribution in [-0.4, -0.2) is 48.1 Å². The monoisotopic (exact) mass is 370 g/mol. The summed E-state index contributed by atoms with van der Waals surface area (Å²) in [6, 6.07) is 0.0534. The Morgan fingerprint density at radius 2 is 1.05 bits per heavy atom. The summed E-state index contributed by atoms with van der Waals surface area (Å²) in [5, 5.41) is 17.4. The van der Waals surface area contributed by atoms with E-state index in [4.69, 9.17) is 10.2 Å². The number of benzene rings is 1. The van der Waals surface area contributed by atoms with Crippen molar-refractivity contribution < 1.29 is 105 Å². The molecule has 14 heteroatoms. The number of hydrogen-bond acceptors (Lipinski definition) is 8. The van der Waals surface area contributed by atoms with E-state index in [1.165, 1.54) is 0 Å². The van der Waals surface area contributed by atoms with E-state index in [9.17, 15) is 35.5 Å². The summed E-state index contributed by atoms with van der Waals surface area (Å²) in [4.78, 5) is 18.5. The van der Waals surface area contributed by atoms with Crippen LogP contribution in [0.4, 0.5) is 0 Å². The van der Waals surface area contributed by atoms with E-state index in [0.29, 0.717) is 0 Å². The van der Waals surface area contributed by atoms with Crippen molar-refractivity contribution >= 4 is 32.2 Å². The molecule has 0 saturated heterocycles. The zero-order chi connectivity index (χ0) is 15.9. The molecule has 0 saturated carbocycles. The average Bonchev–Trinajstić information content (AvgIpc) is 2.24. The minimum absolute atomic E-state index is 0. The van der Waals surface area contributed by atoms with Gasteiger partial charge in [-0.1, -0.05) is 0 Å². The number of rotatable bonds is 4. The van der Waals surface area contributed by atoms with Crippen LogP contribution in [0.3, 0.4) is 0 Å². The number of carboxylic acids is 2. The van der Waals surface area contributed by atoms with Gasteiger partial charge in [0.2, 0.25) is 0 Å². The molecule has 1 rings (SSSR count). The zero-order valence-electron chi connectivity index (χ0n) is 11.1. The molecule has 0 heterocycles. The van der Waals surface area contributed by atoms with Crippen LogP contribution in [0.25, 0.3) is 0 Å². The first kappa shape index (κ1) is 24.2. The molecule has 110 valence electrons. The molecule has 0 amide bonds. The molecule has 0 fully saturated rings. The van der Waals surface area contributed by atoms with E-state index in [1.807, 2.05) is 0 Å². The van der Waals surface area contributed by atoms with Crippen LogP contribution in [0.1, 0.15) is 20.7 Å². The number of hydrogen-bond donors (Lipinski definition) is 2. The van der Waals surface area contributed by atoms with E-state index in [0.717, 1.165) is 0 Å². The van der Waals surface area contributed by atoms with E-state index in [1.54, 1.807) is 0 Å². The second-order valence-electron chi connectivity index (χ2n) is 3.36. The van der Waals surface area contributed by atoms with Crippen molar-refractivity contribution in [2.45, 2.75) is 9.79 Å². The zero-order valence-corrected chi connectivity index (χ0v) is 16.8. The summed E-state index contributed by atoms with van der Waals surface area (Å²) in [7, 11) is -10.9. The van der Waals surface area contributed by atoms with Gasteiger partial charge in [0.15, 0.2) is 0 Å². The summed E-state index contributed by atoms with van der Waals surface area (Å²) in [6.45, 7) is 0. The molecule has 0 radical (unpaired) electrons. The Kier molecular flexibility index (Phi) is 9.02. The minimum atomic E-state index is -5.43. The molecule has 0 aromatic heterocycles. The fourth-order valence-electron chi connectivity index (χ4n) is 1.31. The summed E-state index contributed by atoms with van der Waals surface area (Å²) < 4.78 is 65.1. The fraction of sp³-hybridized carbons (Fsp3) is 0. The van der Waals surface area contributed by atoms with Gasteiger partial charge in [0.05, 0.1) is 20.9 Å². The van der Waals surface area contributed by atoms with Gasteiger partial charge in [-0.15, -0.1) is 0 Å². The van der Waals surface area contributed by atoms with Crippen LogP contribution in [0, 0.1) is 0 Å².